The molecule has 0 unspecified atom stereocenters. The van der Waals surface area contributed by atoms with Crippen molar-refractivity contribution >= 4 is 39.0 Å². The molecule has 1 aromatic carbocycles. The lowest BCUT2D eigenvalue weighted by Crippen LogP contribution is -2.18. The minimum absolute atomic E-state index is 0.422. The van der Waals surface area contributed by atoms with Crippen molar-refractivity contribution in [2.24, 2.45) is 0 Å². The first-order valence-corrected chi connectivity index (χ1v) is 6.80. The van der Waals surface area contributed by atoms with Crippen molar-refractivity contribution in [1.29, 1.82) is 0 Å². The number of aromatic nitrogens is 2. The van der Waals surface area contributed by atoms with E-state index in [1.54, 1.807) is 0 Å². The van der Waals surface area contributed by atoms with Crippen LogP contribution in [0.3, 0.4) is 0 Å². The molecule has 2 aromatic rings. The second-order valence-corrected chi connectivity index (χ2v) is 5.03. The van der Waals surface area contributed by atoms with E-state index in [-0.39, 0.29) is 0 Å². The third-order valence-corrected chi connectivity index (χ3v) is 3.89. The summed E-state index contributed by atoms with van der Waals surface area (Å²) in [5.41, 5.74) is 2.31. The molecule has 1 aromatic heterocycles. The first-order valence-electron chi connectivity index (χ1n) is 5.63. The fourth-order valence-corrected chi connectivity index (χ4v) is 2.25. The van der Waals surface area contributed by atoms with Gasteiger partial charge >= 0.3 is 0 Å². The minimum atomic E-state index is 0.422. The van der Waals surface area contributed by atoms with E-state index in [9.17, 15) is 0 Å². The molecule has 0 radical (unpaired) electrons. The Kier molecular flexibility index (Phi) is 4.19. The van der Waals surface area contributed by atoms with Gasteiger partial charge in [0.25, 0.3) is 0 Å². The summed E-state index contributed by atoms with van der Waals surface area (Å²) in [4.78, 5) is 10.3. The summed E-state index contributed by atoms with van der Waals surface area (Å²) in [6, 6.07) is 8.30. The van der Waals surface area contributed by atoms with Gasteiger partial charge in [-0.1, -0.05) is 29.3 Å². The summed E-state index contributed by atoms with van der Waals surface area (Å²) in [6.07, 6.45) is 1.47. The highest BCUT2D eigenvalue weighted by Gasteiger charge is 2.14. The Morgan fingerprint density at radius 1 is 1.22 bits per heavy atom. The predicted octanol–water partition coefficient (Wildman–Crippen LogP) is 4.36. The van der Waals surface area contributed by atoms with Crippen LogP contribution in [-0.4, -0.2) is 16.5 Å². The molecule has 0 N–H and O–H groups in total. The highest BCUT2D eigenvalue weighted by molar-refractivity contribution is 9.10. The number of anilines is 2. The van der Waals surface area contributed by atoms with Crippen LogP contribution in [0.2, 0.25) is 5.15 Å². The van der Waals surface area contributed by atoms with Crippen molar-refractivity contribution in [1.82, 2.24) is 9.97 Å². The third-order valence-electron chi connectivity index (χ3n) is 2.65. The van der Waals surface area contributed by atoms with E-state index in [1.807, 2.05) is 0 Å². The van der Waals surface area contributed by atoms with Crippen LogP contribution in [0.15, 0.2) is 35.1 Å². The van der Waals surface area contributed by atoms with Gasteiger partial charge in [0.15, 0.2) is 5.82 Å². The Bertz CT molecular complexity index is 542. The van der Waals surface area contributed by atoms with E-state index in [2.05, 4.69) is 68.9 Å². The minimum Gasteiger partial charge on any atom is -0.326 e. The fraction of sp³-hybridized carbons (Fsp3) is 0.231. The molecule has 94 valence electrons. The fourth-order valence-electron chi connectivity index (χ4n) is 1.71. The molecule has 3 nitrogen and oxygen atoms in total. The zero-order valence-corrected chi connectivity index (χ0v) is 12.5. The third kappa shape index (κ3) is 2.65. The van der Waals surface area contributed by atoms with Gasteiger partial charge in [0, 0.05) is 12.2 Å². The molecule has 1 heterocycles. The zero-order chi connectivity index (χ0) is 13.1. The van der Waals surface area contributed by atoms with Crippen LogP contribution in [0.5, 0.6) is 0 Å². The molecular formula is C13H13BrClN3. The molecule has 0 saturated carbocycles. The summed E-state index contributed by atoms with van der Waals surface area (Å²) in [5, 5.41) is 0.422. The quantitative estimate of drug-likeness (QED) is 0.785. The van der Waals surface area contributed by atoms with E-state index in [0.29, 0.717) is 9.63 Å². The van der Waals surface area contributed by atoms with Crippen LogP contribution >= 0.6 is 27.5 Å². The lowest BCUT2D eigenvalue weighted by atomic mass is 10.2. The molecule has 0 aliphatic carbocycles. The molecule has 0 aliphatic rings. The first-order chi connectivity index (χ1) is 8.63. The van der Waals surface area contributed by atoms with E-state index in [0.717, 1.165) is 18.1 Å². The monoisotopic (exact) mass is 325 g/mol. The predicted molar refractivity (Wildman–Crippen MR) is 78.6 cm³/mol. The van der Waals surface area contributed by atoms with Gasteiger partial charge in [0.05, 0.1) is 4.47 Å². The van der Waals surface area contributed by atoms with Crippen LogP contribution in [0.1, 0.15) is 12.5 Å². The number of aryl methyl sites for hydroxylation is 1. The summed E-state index contributed by atoms with van der Waals surface area (Å²) in [5.74, 6) is 0.779. The van der Waals surface area contributed by atoms with Crippen LogP contribution in [0.4, 0.5) is 11.5 Å². The van der Waals surface area contributed by atoms with Crippen molar-refractivity contribution in [2.75, 3.05) is 11.4 Å². The van der Waals surface area contributed by atoms with E-state index in [4.69, 9.17) is 11.6 Å². The molecular weight excluding hydrogens is 314 g/mol. The number of rotatable bonds is 3. The molecule has 0 amide bonds. The van der Waals surface area contributed by atoms with Crippen molar-refractivity contribution in [3.63, 3.8) is 0 Å². The largest absolute Gasteiger partial charge is 0.326 e. The van der Waals surface area contributed by atoms with Gasteiger partial charge in [-0.2, -0.15) is 0 Å². The topological polar surface area (TPSA) is 29.0 Å². The van der Waals surface area contributed by atoms with E-state index in [1.165, 1.54) is 11.9 Å². The summed E-state index contributed by atoms with van der Waals surface area (Å²) in [7, 11) is 0. The molecule has 0 aliphatic heterocycles. The summed E-state index contributed by atoms with van der Waals surface area (Å²) in [6.45, 7) is 4.94. The van der Waals surface area contributed by atoms with Crippen LogP contribution in [-0.2, 0) is 0 Å². The zero-order valence-electron chi connectivity index (χ0n) is 10.2. The molecule has 0 atom stereocenters. The Morgan fingerprint density at radius 2 is 1.89 bits per heavy atom. The first kappa shape index (κ1) is 13.3. The molecule has 0 saturated heterocycles. The lowest BCUT2D eigenvalue weighted by Gasteiger charge is -2.23. The van der Waals surface area contributed by atoms with Crippen molar-refractivity contribution in [2.45, 2.75) is 13.8 Å². The maximum absolute atomic E-state index is 6.00. The maximum atomic E-state index is 6.00. The molecule has 0 fully saturated rings. The molecule has 5 heteroatoms. The maximum Gasteiger partial charge on any atom is 0.152 e. The lowest BCUT2D eigenvalue weighted by molar-refractivity contribution is 0.969. The number of nitrogens with zero attached hydrogens (tertiary/aromatic N) is 3. The Labute approximate surface area is 120 Å². The number of benzene rings is 1. The van der Waals surface area contributed by atoms with E-state index >= 15 is 0 Å². The van der Waals surface area contributed by atoms with Gasteiger partial charge in [-0.25, -0.2) is 9.97 Å². The van der Waals surface area contributed by atoms with Gasteiger partial charge in [0.1, 0.15) is 11.5 Å². The van der Waals surface area contributed by atoms with Crippen molar-refractivity contribution in [3.8, 4) is 0 Å². The average Bonchev–Trinajstić information content (AvgIpc) is 2.37. The highest BCUT2D eigenvalue weighted by Crippen LogP contribution is 2.33. The van der Waals surface area contributed by atoms with Crippen molar-refractivity contribution in [3.05, 3.63) is 45.8 Å². The molecule has 0 spiro atoms. The van der Waals surface area contributed by atoms with E-state index < -0.39 is 0 Å². The smallest absolute Gasteiger partial charge is 0.152 e. The number of halogens is 2. The standard InChI is InChI=1S/C13H13BrClN3/c1-3-18(10-6-4-9(2)5-7-10)13-11(14)12(15)16-8-17-13/h4-8H,3H2,1-2H3. The summed E-state index contributed by atoms with van der Waals surface area (Å²) < 4.78 is 0.717. The normalized spacial score (nSPS) is 10.4. The van der Waals surface area contributed by atoms with Crippen molar-refractivity contribution < 1.29 is 0 Å². The van der Waals surface area contributed by atoms with Gasteiger partial charge in [0.2, 0.25) is 0 Å². The molecule has 2 rings (SSSR count). The number of hydrogen-bond donors (Lipinski definition) is 0. The van der Waals surface area contributed by atoms with Gasteiger partial charge in [-0.15, -0.1) is 0 Å². The van der Waals surface area contributed by atoms with Gasteiger partial charge in [-0.05, 0) is 41.9 Å². The van der Waals surface area contributed by atoms with Crippen LogP contribution in [0, 0.1) is 6.92 Å². The van der Waals surface area contributed by atoms with Gasteiger partial charge < -0.3 is 4.90 Å². The number of hydrogen-bond acceptors (Lipinski definition) is 3. The van der Waals surface area contributed by atoms with Crippen LogP contribution in [0.25, 0.3) is 0 Å². The Hall–Kier alpha value is -1.13. The molecule has 18 heavy (non-hydrogen) atoms. The summed E-state index contributed by atoms with van der Waals surface area (Å²) >= 11 is 9.44. The Balaban J connectivity index is 2.45. The SMILES string of the molecule is CCN(c1ccc(C)cc1)c1ncnc(Cl)c1Br. The average molecular weight is 327 g/mol. The Morgan fingerprint density at radius 3 is 2.50 bits per heavy atom. The van der Waals surface area contributed by atoms with Crippen LogP contribution < -0.4 is 4.90 Å². The highest BCUT2D eigenvalue weighted by atomic mass is 79.9. The van der Waals surface area contributed by atoms with Gasteiger partial charge in [-0.3, -0.25) is 0 Å². The molecule has 0 bridgehead atoms. The second-order valence-electron chi connectivity index (χ2n) is 3.88. The second kappa shape index (κ2) is 5.67.